The molecule has 1 atom stereocenters. The number of nitrogens with zero attached hydrogens (tertiary/aromatic N) is 1. The lowest BCUT2D eigenvalue weighted by Gasteiger charge is -2.14. The van der Waals surface area contributed by atoms with Crippen LogP contribution in [0, 0.1) is 12.3 Å². The third-order valence-corrected chi connectivity index (χ3v) is 2.18. The van der Waals surface area contributed by atoms with Gasteiger partial charge in [0.25, 0.3) is 0 Å². The largest absolute Gasteiger partial charge is 0.495 e. The first-order valence-electron chi connectivity index (χ1n) is 5.00. The van der Waals surface area contributed by atoms with Gasteiger partial charge in [-0.3, -0.25) is 0 Å². The molecule has 0 radical (unpaired) electrons. The molecular weight excluding hydrogens is 188 g/mol. The Bertz CT molecular complexity index is 326. The molecule has 3 nitrogen and oxygen atoms in total. The van der Waals surface area contributed by atoms with Crippen molar-refractivity contribution in [2.45, 2.75) is 25.8 Å². The van der Waals surface area contributed by atoms with Crippen LogP contribution in [0.3, 0.4) is 0 Å². The molecule has 1 rings (SSSR count). The maximum atomic E-state index is 5.27. The van der Waals surface area contributed by atoms with Gasteiger partial charge in [-0.25, -0.2) is 4.98 Å². The number of aromatic nitrogens is 1. The highest BCUT2D eigenvalue weighted by atomic mass is 16.5. The molecule has 0 aromatic carbocycles. The minimum absolute atomic E-state index is 0.288. The van der Waals surface area contributed by atoms with Crippen LogP contribution in [0.5, 0.6) is 5.75 Å². The molecule has 1 unspecified atom stereocenters. The van der Waals surface area contributed by atoms with Crippen molar-refractivity contribution < 1.29 is 4.74 Å². The summed E-state index contributed by atoms with van der Waals surface area (Å²) in [6.45, 7) is 2.10. The van der Waals surface area contributed by atoms with Gasteiger partial charge in [-0.05, 0) is 18.6 Å². The summed E-state index contributed by atoms with van der Waals surface area (Å²) in [7, 11) is 1.62. The number of pyridine rings is 1. The third kappa shape index (κ3) is 3.51. The summed E-state index contributed by atoms with van der Waals surface area (Å²) >= 11 is 0. The van der Waals surface area contributed by atoms with Gasteiger partial charge in [-0.1, -0.05) is 6.92 Å². The second-order valence-corrected chi connectivity index (χ2v) is 3.24. The lowest BCUT2D eigenvalue weighted by atomic mass is 10.1. The number of hydrogen-bond donors (Lipinski definition) is 1. The van der Waals surface area contributed by atoms with Gasteiger partial charge in [0.2, 0.25) is 0 Å². The molecule has 3 heteroatoms. The predicted molar refractivity (Wildman–Crippen MR) is 61.9 cm³/mol. The molecule has 1 heterocycles. The molecule has 0 amide bonds. The maximum Gasteiger partial charge on any atom is 0.137 e. The van der Waals surface area contributed by atoms with E-state index in [1.807, 2.05) is 12.1 Å². The van der Waals surface area contributed by atoms with E-state index in [0.717, 1.165) is 18.0 Å². The fourth-order valence-electron chi connectivity index (χ4n) is 1.24. The van der Waals surface area contributed by atoms with E-state index < -0.39 is 0 Å². The Kier molecular flexibility index (Phi) is 4.49. The molecule has 1 N–H and O–H groups in total. The SMILES string of the molecule is C#CCC(CC)Nc1ccc(OC)cn1. The summed E-state index contributed by atoms with van der Waals surface area (Å²) < 4.78 is 5.03. The minimum atomic E-state index is 0.288. The van der Waals surface area contributed by atoms with Crippen molar-refractivity contribution in [3.63, 3.8) is 0 Å². The second-order valence-electron chi connectivity index (χ2n) is 3.24. The summed E-state index contributed by atoms with van der Waals surface area (Å²) in [5.41, 5.74) is 0. The number of nitrogens with one attached hydrogen (secondary N) is 1. The van der Waals surface area contributed by atoms with Crippen LogP contribution in [0.15, 0.2) is 18.3 Å². The van der Waals surface area contributed by atoms with Gasteiger partial charge in [-0.2, -0.15) is 0 Å². The average Bonchev–Trinajstić information content (AvgIpc) is 2.29. The summed E-state index contributed by atoms with van der Waals surface area (Å²) in [6.07, 6.45) is 8.66. The van der Waals surface area contributed by atoms with E-state index in [0.29, 0.717) is 6.42 Å². The first kappa shape index (κ1) is 11.4. The molecule has 15 heavy (non-hydrogen) atoms. The van der Waals surface area contributed by atoms with Gasteiger partial charge in [-0.15, -0.1) is 12.3 Å². The van der Waals surface area contributed by atoms with Crippen molar-refractivity contribution in [2.24, 2.45) is 0 Å². The van der Waals surface area contributed by atoms with E-state index in [9.17, 15) is 0 Å². The van der Waals surface area contributed by atoms with E-state index >= 15 is 0 Å². The Morgan fingerprint density at radius 1 is 1.60 bits per heavy atom. The smallest absolute Gasteiger partial charge is 0.137 e. The zero-order valence-corrected chi connectivity index (χ0v) is 9.16. The van der Waals surface area contributed by atoms with Gasteiger partial charge in [0.1, 0.15) is 11.6 Å². The highest BCUT2D eigenvalue weighted by molar-refractivity contribution is 5.38. The van der Waals surface area contributed by atoms with Gasteiger partial charge < -0.3 is 10.1 Å². The van der Waals surface area contributed by atoms with Crippen LogP contribution in [0.4, 0.5) is 5.82 Å². The zero-order valence-electron chi connectivity index (χ0n) is 9.16. The molecule has 0 aliphatic rings. The summed E-state index contributed by atoms with van der Waals surface area (Å²) in [5, 5.41) is 3.27. The fraction of sp³-hybridized carbons (Fsp3) is 0.417. The van der Waals surface area contributed by atoms with E-state index in [2.05, 4.69) is 23.1 Å². The molecule has 0 bridgehead atoms. The van der Waals surface area contributed by atoms with Crippen molar-refractivity contribution in [2.75, 3.05) is 12.4 Å². The van der Waals surface area contributed by atoms with E-state index in [1.165, 1.54) is 0 Å². The normalized spacial score (nSPS) is 11.5. The predicted octanol–water partition coefficient (Wildman–Crippen LogP) is 2.30. The van der Waals surface area contributed by atoms with Crippen molar-refractivity contribution in [1.82, 2.24) is 4.98 Å². The standard InChI is InChI=1S/C12H16N2O/c1-4-6-10(5-2)14-12-8-7-11(15-3)9-13-12/h1,7-10H,5-6H2,2-3H3,(H,13,14). The van der Waals surface area contributed by atoms with Crippen molar-refractivity contribution >= 4 is 5.82 Å². The lowest BCUT2D eigenvalue weighted by molar-refractivity contribution is 0.413. The molecular formula is C12H16N2O. The summed E-state index contributed by atoms with van der Waals surface area (Å²) in [5.74, 6) is 4.23. The highest BCUT2D eigenvalue weighted by Gasteiger charge is 2.04. The van der Waals surface area contributed by atoms with Crippen LogP contribution in [-0.4, -0.2) is 18.1 Å². The average molecular weight is 204 g/mol. The maximum absolute atomic E-state index is 5.27. The number of rotatable bonds is 5. The molecule has 1 aromatic heterocycles. The molecule has 0 aliphatic heterocycles. The first-order valence-corrected chi connectivity index (χ1v) is 5.00. The van der Waals surface area contributed by atoms with Crippen molar-refractivity contribution in [3.8, 4) is 18.1 Å². The Morgan fingerprint density at radius 3 is 2.87 bits per heavy atom. The lowest BCUT2D eigenvalue weighted by Crippen LogP contribution is -2.18. The minimum Gasteiger partial charge on any atom is -0.495 e. The Hall–Kier alpha value is -1.69. The topological polar surface area (TPSA) is 34.1 Å². The Morgan fingerprint density at radius 2 is 2.40 bits per heavy atom. The van der Waals surface area contributed by atoms with Crippen molar-refractivity contribution in [1.29, 1.82) is 0 Å². The monoisotopic (exact) mass is 204 g/mol. The zero-order chi connectivity index (χ0) is 11.1. The van der Waals surface area contributed by atoms with Crippen molar-refractivity contribution in [3.05, 3.63) is 18.3 Å². The van der Waals surface area contributed by atoms with Crippen LogP contribution < -0.4 is 10.1 Å². The second kappa shape index (κ2) is 5.92. The Balaban J connectivity index is 2.59. The van der Waals surface area contributed by atoms with Gasteiger partial charge in [0.05, 0.1) is 13.3 Å². The van der Waals surface area contributed by atoms with Crippen LogP contribution >= 0.6 is 0 Å². The highest BCUT2D eigenvalue weighted by Crippen LogP contribution is 2.13. The quantitative estimate of drug-likeness (QED) is 0.747. The number of ether oxygens (including phenoxy) is 1. The number of methoxy groups -OCH3 is 1. The number of hydrogen-bond acceptors (Lipinski definition) is 3. The first-order chi connectivity index (χ1) is 7.30. The van der Waals surface area contributed by atoms with Crippen LogP contribution in [0.25, 0.3) is 0 Å². The van der Waals surface area contributed by atoms with Crippen LogP contribution in [0.2, 0.25) is 0 Å². The molecule has 0 saturated heterocycles. The van der Waals surface area contributed by atoms with E-state index in [1.54, 1.807) is 13.3 Å². The molecule has 0 aliphatic carbocycles. The third-order valence-electron chi connectivity index (χ3n) is 2.18. The molecule has 0 saturated carbocycles. The molecule has 0 fully saturated rings. The Labute approximate surface area is 90.9 Å². The molecule has 80 valence electrons. The van der Waals surface area contributed by atoms with Gasteiger partial charge in [0.15, 0.2) is 0 Å². The number of anilines is 1. The van der Waals surface area contributed by atoms with Gasteiger partial charge in [0, 0.05) is 12.5 Å². The molecule has 0 spiro atoms. The van der Waals surface area contributed by atoms with E-state index in [-0.39, 0.29) is 6.04 Å². The fourth-order valence-corrected chi connectivity index (χ4v) is 1.24. The summed E-state index contributed by atoms with van der Waals surface area (Å²) in [6, 6.07) is 4.05. The van der Waals surface area contributed by atoms with Crippen LogP contribution in [0.1, 0.15) is 19.8 Å². The number of terminal acetylenes is 1. The summed E-state index contributed by atoms with van der Waals surface area (Å²) in [4.78, 5) is 4.21. The van der Waals surface area contributed by atoms with Gasteiger partial charge >= 0.3 is 0 Å². The van der Waals surface area contributed by atoms with E-state index in [4.69, 9.17) is 11.2 Å². The molecule has 1 aromatic rings. The van der Waals surface area contributed by atoms with Crippen LogP contribution in [-0.2, 0) is 0 Å².